The van der Waals surface area contributed by atoms with Gasteiger partial charge in [0.05, 0.1) is 20.4 Å². The molecule has 9 nitrogen and oxygen atoms in total. The fourth-order valence-electron chi connectivity index (χ4n) is 4.90. The van der Waals surface area contributed by atoms with Crippen LogP contribution in [0, 0.1) is 11.7 Å². The molecule has 1 aliphatic carbocycles. The molecular formula is C27H29FN4O5. The molecule has 194 valence electrons. The van der Waals surface area contributed by atoms with Crippen molar-refractivity contribution in [1.82, 2.24) is 19.4 Å². The number of carbonyl (C=O) groups excluding carboxylic acids is 1. The van der Waals surface area contributed by atoms with E-state index in [-0.39, 0.29) is 12.5 Å². The van der Waals surface area contributed by atoms with Gasteiger partial charge in [0.1, 0.15) is 28.8 Å². The number of pyridine rings is 1. The summed E-state index contributed by atoms with van der Waals surface area (Å²) in [5, 5.41) is 10.8. The topological polar surface area (TPSA) is 107 Å². The van der Waals surface area contributed by atoms with Crippen LogP contribution in [0.25, 0.3) is 5.69 Å². The van der Waals surface area contributed by atoms with E-state index in [0.717, 1.165) is 25.5 Å². The van der Waals surface area contributed by atoms with Gasteiger partial charge in [-0.1, -0.05) is 18.9 Å². The van der Waals surface area contributed by atoms with Gasteiger partial charge in [-0.2, -0.15) is 4.98 Å². The zero-order valence-electron chi connectivity index (χ0n) is 20.8. The molecule has 1 saturated carbocycles. The Labute approximate surface area is 213 Å². The Kier molecular flexibility index (Phi) is 6.82. The van der Waals surface area contributed by atoms with Crippen molar-refractivity contribution in [2.24, 2.45) is 5.92 Å². The second-order valence-corrected chi connectivity index (χ2v) is 9.50. The van der Waals surface area contributed by atoms with Crippen LogP contribution in [0.1, 0.15) is 53.5 Å². The molecular weight excluding hydrogens is 479 g/mol. The molecule has 0 spiro atoms. The van der Waals surface area contributed by atoms with Crippen LogP contribution in [0.3, 0.4) is 0 Å². The van der Waals surface area contributed by atoms with E-state index < -0.39 is 28.7 Å². The zero-order chi connectivity index (χ0) is 26.1. The number of nitrogens with zero attached hydrogens (tertiary/aromatic N) is 4. The van der Waals surface area contributed by atoms with E-state index in [9.17, 15) is 19.1 Å². The number of halogens is 1. The number of amides is 1. The number of carbonyl (C=O) groups is 1. The summed E-state index contributed by atoms with van der Waals surface area (Å²) in [4.78, 5) is 37.5. The second kappa shape index (κ2) is 10.2. The van der Waals surface area contributed by atoms with Gasteiger partial charge in [-0.3, -0.25) is 19.1 Å². The summed E-state index contributed by atoms with van der Waals surface area (Å²) in [5.41, 5.74) is -0.0874. The van der Waals surface area contributed by atoms with Crippen LogP contribution in [-0.4, -0.2) is 57.8 Å². The monoisotopic (exact) mass is 508 g/mol. The quantitative estimate of drug-likeness (QED) is 0.497. The smallest absolute Gasteiger partial charge is 0.275 e. The van der Waals surface area contributed by atoms with Crippen LogP contribution < -0.4 is 15.0 Å². The second-order valence-electron chi connectivity index (χ2n) is 9.50. The molecule has 2 aromatic heterocycles. The lowest BCUT2D eigenvalue weighted by atomic mass is 10.0. The number of ether oxygens (including phenoxy) is 2. The molecule has 1 atom stereocenters. The van der Waals surface area contributed by atoms with Crippen LogP contribution in [0.2, 0.25) is 0 Å². The highest BCUT2D eigenvalue weighted by Crippen LogP contribution is 2.36. The number of hydrogen-bond donors (Lipinski definition) is 1. The summed E-state index contributed by atoms with van der Waals surface area (Å²) in [7, 11) is 2.97. The lowest BCUT2D eigenvalue weighted by Gasteiger charge is -2.21. The molecule has 3 aromatic rings. The minimum absolute atomic E-state index is 0.103. The number of aryl methyl sites for hydroxylation is 1. The van der Waals surface area contributed by atoms with Gasteiger partial charge in [0.25, 0.3) is 11.5 Å². The van der Waals surface area contributed by atoms with E-state index in [1.54, 1.807) is 24.3 Å². The third kappa shape index (κ3) is 4.87. The normalized spacial score (nSPS) is 17.2. The Morgan fingerprint density at radius 3 is 2.49 bits per heavy atom. The summed E-state index contributed by atoms with van der Waals surface area (Å²) in [6.07, 6.45) is 5.27. The lowest BCUT2D eigenvalue weighted by Crippen LogP contribution is -2.37. The fourth-order valence-corrected chi connectivity index (χ4v) is 4.90. The number of para-hydroxylation sites is 1. The summed E-state index contributed by atoms with van der Waals surface area (Å²) in [6.45, 7) is 0.653. The van der Waals surface area contributed by atoms with Crippen molar-refractivity contribution in [3.63, 3.8) is 0 Å². The molecule has 1 amide bonds. The predicted octanol–water partition coefficient (Wildman–Crippen LogP) is 3.46. The van der Waals surface area contributed by atoms with Gasteiger partial charge >= 0.3 is 0 Å². The molecule has 1 unspecified atom stereocenters. The molecule has 1 N–H and O–H groups in total. The Morgan fingerprint density at radius 2 is 1.86 bits per heavy atom. The average Bonchev–Trinajstić information content (AvgIpc) is 3.60. The van der Waals surface area contributed by atoms with Gasteiger partial charge in [0, 0.05) is 31.1 Å². The zero-order valence-corrected chi connectivity index (χ0v) is 20.8. The van der Waals surface area contributed by atoms with Gasteiger partial charge in [0.15, 0.2) is 5.56 Å². The van der Waals surface area contributed by atoms with E-state index in [2.05, 4.69) is 9.97 Å². The van der Waals surface area contributed by atoms with Crippen LogP contribution in [-0.2, 0) is 6.42 Å². The minimum Gasteiger partial charge on any atom is -0.494 e. The van der Waals surface area contributed by atoms with Crippen LogP contribution in [0.15, 0.2) is 41.3 Å². The molecule has 5 rings (SSSR count). The number of aromatic nitrogens is 3. The van der Waals surface area contributed by atoms with Crippen LogP contribution in [0.4, 0.5) is 4.39 Å². The number of likely N-dealkylation sites (tertiary alicyclic amines) is 1. The van der Waals surface area contributed by atoms with Gasteiger partial charge < -0.3 is 19.5 Å². The van der Waals surface area contributed by atoms with Gasteiger partial charge in [-0.25, -0.2) is 4.39 Å². The van der Waals surface area contributed by atoms with E-state index >= 15 is 0 Å². The Morgan fingerprint density at radius 1 is 1.14 bits per heavy atom. The number of aromatic hydroxyl groups is 1. The summed E-state index contributed by atoms with van der Waals surface area (Å²) >= 11 is 0. The average molecular weight is 509 g/mol. The van der Waals surface area contributed by atoms with Crippen molar-refractivity contribution in [1.29, 1.82) is 0 Å². The third-order valence-corrected chi connectivity index (χ3v) is 7.09. The maximum Gasteiger partial charge on any atom is 0.275 e. The summed E-state index contributed by atoms with van der Waals surface area (Å²) in [6, 6.07) is 8.07. The maximum absolute atomic E-state index is 13.9. The molecule has 1 saturated heterocycles. The molecule has 2 fully saturated rings. The van der Waals surface area contributed by atoms with E-state index in [1.807, 2.05) is 0 Å². The van der Waals surface area contributed by atoms with Crippen molar-refractivity contribution in [2.75, 3.05) is 27.3 Å². The van der Waals surface area contributed by atoms with Crippen molar-refractivity contribution in [3.05, 3.63) is 69.8 Å². The predicted molar refractivity (Wildman–Crippen MR) is 133 cm³/mol. The molecule has 0 bridgehead atoms. The highest BCUT2D eigenvalue weighted by atomic mass is 19.1. The van der Waals surface area contributed by atoms with Crippen molar-refractivity contribution < 1.29 is 23.8 Å². The SMILES string of the molecule is COc1cccc(OC)c1-n1c(CCC2CC2)nc(O)c(C(=O)N2CCC(c3ccc(F)cn3)C2)c1=O. The van der Waals surface area contributed by atoms with E-state index in [0.29, 0.717) is 54.0 Å². The first-order valence-electron chi connectivity index (χ1n) is 12.4. The van der Waals surface area contributed by atoms with Crippen LogP contribution in [0.5, 0.6) is 17.4 Å². The molecule has 2 aliphatic rings. The number of rotatable bonds is 8. The highest BCUT2D eigenvalue weighted by Gasteiger charge is 2.34. The largest absolute Gasteiger partial charge is 0.494 e. The minimum atomic E-state index is -0.686. The van der Waals surface area contributed by atoms with Gasteiger partial charge in [0.2, 0.25) is 5.88 Å². The fraction of sp³-hybridized carbons (Fsp3) is 0.407. The molecule has 3 heterocycles. The third-order valence-electron chi connectivity index (χ3n) is 7.09. The number of methoxy groups -OCH3 is 2. The van der Waals surface area contributed by atoms with Crippen molar-refractivity contribution in [3.8, 4) is 23.1 Å². The first-order valence-corrected chi connectivity index (χ1v) is 12.4. The maximum atomic E-state index is 13.9. The first kappa shape index (κ1) is 24.7. The van der Waals surface area contributed by atoms with Crippen molar-refractivity contribution in [2.45, 2.75) is 38.0 Å². The molecule has 1 aliphatic heterocycles. The van der Waals surface area contributed by atoms with Gasteiger partial charge in [-0.05, 0) is 43.0 Å². The summed E-state index contributed by atoms with van der Waals surface area (Å²) in [5.74, 6) is -0.0789. The van der Waals surface area contributed by atoms with E-state index in [4.69, 9.17) is 9.47 Å². The number of benzene rings is 1. The molecule has 1 aromatic carbocycles. The van der Waals surface area contributed by atoms with E-state index in [1.165, 1.54) is 29.8 Å². The molecule has 0 radical (unpaired) electrons. The first-order chi connectivity index (χ1) is 17.9. The van der Waals surface area contributed by atoms with Crippen LogP contribution >= 0.6 is 0 Å². The number of hydrogen-bond acceptors (Lipinski definition) is 7. The molecule has 37 heavy (non-hydrogen) atoms. The molecule has 10 heteroatoms. The lowest BCUT2D eigenvalue weighted by molar-refractivity contribution is 0.0784. The van der Waals surface area contributed by atoms with Crippen molar-refractivity contribution >= 4 is 5.91 Å². The Hall–Kier alpha value is -3.95. The Balaban J connectivity index is 1.55. The standard InChI is InChI=1S/C27H29FN4O5/c1-36-20-4-3-5-21(37-2)24(20)32-22(11-8-16-6-7-16)30-25(33)23(27(32)35)26(34)31-13-12-17(15-31)19-10-9-18(28)14-29-19/h3-5,9-10,14,16-17,33H,6-8,11-13,15H2,1-2H3. The highest BCUT2D eigenvalue weighted by molar-refractivity contribution is 5.96. The van der Waals surface area contributed by atoms with Gasteiger partial charge in [-0.15, -0.1) is 0 Å². The Bertz CT molecular complexity index is 1350. The summed E-state index contributed by atoms with van der Waals surface area (Å²) < 4.78 is 25.7.